The Balaban J connectivity index is 5.22. The maximum absolute atomic E-state index is 13.6. The molecule has 0 aliphatic carbocycles. The highest BCUT2D eigenvalue weighted by molar-refractivity contribution is 7.47. The average molecular weight is 1150 g/mol. The predicted octanol–water partition coefficient (Wildman–Crippen LogP) is 21.1. The van der Waals surface area contributed by atoms with E-state index in [9.17, 15) is 19.0 Å². The van der Waals surface area contributed by atoms with Gasteiger partial charge in [-0.05, 0) is 109 Å². The fourth-order valence-electron chi connectivity index (χ4n) is 9.29. The molecule has 468 valence electrons. The molecule has 2 N–H and O–H groups in total. The smallest absolute Gasteiger partial charge is 0.456 e. The Morgan fingerprint density at radius 1 is 0.432 bits per heavy atom. The quantitative estimate of drug-likeness (QED) is 0.0205. The second kappa shape index (κ2) is 60.1. The van der Waals surface area contributed by atoms with Gasteiger partial charge in [0.2, 0.25) is 5.91 Å². The van der Waals surface area contributed by atoms with E-state index in [0.717, 1.165) is 77.0 Å². The summed E-state index contributed by atoms with van der Waals surface area (Å²) in [6, 6.07) is -0.877. The van der Waals surface area contributed by atoms with Gasteiger partial charge in [0, 0.05) is 12.8 Å². The molecule has 0 aromatic carbocycles. The van der Waals surface area contributed by atoms with Crippen LogP contribution in [0.15, 0.2) is 97.2 Å². The van der Waals surface area contributed by atoms with E-state index in [1.54, 1.807) is 0 Å². The fourth-order valence-corrected chi connectivity index (χ4v) is 10.0. The molecule has 1 amide bonds. The second-order valence-corrected chi connectivity index (χ2v) is 25.1. The van der Waals surface area contributed by atoms with Crippen LogP contribution in [0.3, 0.4) is 0 Å². The van der Waals surface area contributed by atoms with E-state index in [0.29, 0.717) is 23.9 Å². The normalized spacial score (nSPS) is 14.2. The van der Waals surface area contributed by atoms with Crippen molar-refractivity contribution >= 4 is 19.7 Å². The van der Waals surface area contributed by atoms with Crippen molar-refractivity contribution < 1.29 is 37.3 Å². The number of nitrogens with one attached hydrogen (secondary N) is 1. The molecular weight excluding hydrogens is 1020 g/mol. The van der Waals surface area contributed by atoms with Crippen LogP contribution in [0.4, 0.5) is 0 Å². The molecule has 0 aliphatic heterocycles. The summed E-state index contributed by atoms with van der Waals surface area (Å²) in [6.07, 6.45) is 81.3. The van der Waals surface area contributed by atoms with Crippen molar-refractivity contribution in [3.8, 4) is 0 Å². The number of likely N-dealkylation sites (N-methyl/N-ethyl adjacent to an activating group) is 1. The van der Waals surface area contributed by atoms with E-state index in [1.807, 2.05) is 33.3 Å². The first-order chi connectivity index (χ1) is 39.4. The van der Waals surface area contributed by atoms with Gasteiger partial charge >= 0.3 is 13.8 Å². The molecule has 0 aliphatic rings. The number of ether oxygens (including phenoxy) is 1. The van der Waals surface area contributed by atoms with E-state index >= 15 is 0 Å². The number of carbonyl (C=O) groups excluding carboxylic acids is 2. The van der Waals surface area contributed by atoms with Gasteiger partial charge in [-0.2, -0.15) is 0 Å². The number of esters is 1. The van der Waals surface area contributed by atoms with E-state index in [-0.39, 0.29) is 31.5 Å². The summed E-state index contributed by atoms with van der Waals surface area (Å²) in [5.41, 5.74) is 0. The summed E-state index contributed by atoms with van der Waals surface area (Å²) < 4.78 is 30.7. The van der Waals surface area contributed by atoms with Crippen LogP contribution in [-0.4, -0.2) is 74.3 Å². The van der Waals surface area contributed by atoms with Crippen LogP contribution >= 0.6 is 7.82 Å². The molecule has 3 atom stereocenters. The number of hydrogen-bond acceptors (Lipinski definition) is 6. The summed E-state index contributed by atoms with van der Waals surface area (Å²) in [7, 11) is 1.46. The highest BCUT2D eigenvalue weighted by Crippen LogP contribution is 2.43. The zero-order chi connectivity index (χ0) is 59.3. The second-order valence-electron chi connectivity index (χ2n) is 23.6. The van der Waals surface area contributed by atoms with E-state index in [2.05, 4.69) is 111 Å². The number of nitrogens with zero attached hydrogens (tertiary/aromatic N) is 1. The number of unbranched alkanes of at least 4 members (excludes halogenated alkanes) is 30. The average Bonchev–Trinajstić information content (AvgIpc) is 3.44. The van der Waals surface area contributed by atoms with Crippen molar-refractivity contribution in [1.82, 2.24) is 5.32 Å². The number of rotatable bonds is 60. The predicted molar refractivity (Wildman–Crippen MR) is 350 cm³/mol. The lowest BCUT2D eigenvalue weighted by atomic mass is 10.0. The topological polar surface area (TPSA) is 111 Å². The number of carbonyl (C=O) groups is 2. The summed E-state index contributed by atoms with van der Waals surface area (Å²) in [5.74, 6) is -0.571. The Morgan fingerprint density at radius 2 is 0.765 bits per heavy atom. The van der Waals surface area contributed by atoms with Crippen molar-refractivity contribution in [2.24, 2.45) is 0 Å². The lowest BCUT2D eigenvalue weighted by Gasteiger charge is -2.27. The maximum atomic E-state index is 13.6. The fraction of sp³-hybridized carbons (Fsp3) is 0.746. The van der Waals surface area contributed by atoms with Crippen molar-refractivity contribution in [1.29, 1.82) is 0 Å². The number of phosphoric ester groups is 1. The van der Waals surface area contributed by atoms with E-state index < -0.39 is 20.0 Å². The van der Waals surface area contributed by atoms with Gasteiger partial charge < -0.3 is 19.4 Å². The Hall–Kier alpha value is -3.07. The molecule has 81 heavy (non-hydrogen) atoms. The van der Waals surface area contributed by atoms with Crippen LogP contribution in [0.1, 0.15) is 290 Å². The molecule has 0 radical (unpaired) electrons. The summed E-state index contributed by atoms with van der Waals surface area (Å²) >= 11 is 0. The molecular formula is C71H128N2O7P+. The van der Waals surface area contributed by atoms with Crippen molar-refractivity contribution in [3.05, 3.63) is 97.2 Å². The van der Waals surface area contributed by atoms with Gasteiger partial charge in [0.25, 0.3) is 0 Å². The molecule has 0 rings (SSSR count). The van der Waals surface area contributed by atoms with Crippen LogP contribution in [0.5, 0.6) is 0 Å². The molecule has 0 bridgehead atoms. The Kier molecular flexibility index (Phi) is 57.8. The summed E-state index contributed by atoms with van der Waals surface area (Å²) in [4.78, 5) is 37.8. The lowest BCUT2D eigenvalue weighted by Crippen LogP contribution is -2.47. The first kappa shape index (κ1) is 77.9. The standard InChI is InChI=1S/C71H127N2O7P/c1-7-10-13-16-19-22-25-28-30-32-33-34-35-36-37-38-39-41-42-45-48-51-54-57-60-63-70(74)72-68(67-79-81(76,77)78-66-65-73(4,5)6)69(62-59-56-53-50-47-44-27-24-21-18-15-12-9-3)80-71(75)64-61-58-55-52-49-46-43-40-31-29-26-23-20-17-14-11-8-2/h19-20,22-23,28-31,33-34,43,46,52,55,59,62,68-69H,7-18,21,24-27,32,35-42,44-45,47-51,53-54,56-58,60-61,63-67H2,1-6H3,(H-,72,74,76,77)/p+1/b22-19-,23-20-,30-28-,31-29-,34-33-,46-43-,55-52-,62-59-. The van der Waals surface area contributed by atoms with E-state index in [1.165, 1.54) is 173 Å². The third-order valence-corrected chi connectivity index (χ3v) is 15.5. The Labute approximate surface area is 500 Å². The summed E-state index contributed by atoms with van der Waals surface area (Å²) in [6.45, 7) is 6.93. The minimum Gasteiger partial charge on any atom is -0.456 e. The lowest BCUT2D eigenvalue weighted by molar-refractivity contribution is -0.870. The zero-order valence-corrected chi connectivity index (χ0v) is 54.4. The van der Waals surface area contributed by atoms with Gasteiger partial charge in [-0.1, -0.05) is 266 Å². The van der Waals surface area contributed by atoms with Crippen LogP contribution in [0, 0.1) is 0 Å². The molecule has 0 aromatic heterocycles. The van der Waals surface area contributed by atoms with Crippen molar-refractivity contribution in [2.45, 2.75) is 303 Å². The molecule has 0 fully saturated rings. The molecule has 3 unspecified atom stereocenters. The highest BCUT2D eigenvalue weighted by Gasteiger charge is 2.30. The van der Waals surface area contributed by atoms with Gasteiger partial charge in [0.15, 0.2) is 0 Å². The largest absolute Gasteiger partial charge is 0.472 e. The molecule has 0 saturated carbocycles. The Bertz CT molecular complexity index is 1710. The van der Waals surface area contributed by atoms with Crippen molar-refractivity contribution in [2.75, 3.05) is 40.9 Å². The number of hydrogen-bond donors (Lipinski definition) is 2. The van der Waals surface area contributed by atoms with Gasteiger partial charge in [0.1, 0.15) is 19.3 Å². The van der Waals surface area contributed by atoms with Gasteiger partial charge in [-0.25, -0.2) is 4.57 Å². The minimum atomic E-state index is -4.47. The molecule has 10 heteroatoms. The first-order valence-electron chi connectivity index (χ1n) is 33.6. The van der Waals surface area contributed by atoms with Crippen molar-refractivity contribution in [3.63, 3.8) is 0 Å². The molecule has 9 nitrogen and oxygen atoms in total. The third kappa shape index (κ3) is 61.3. The third-order valence-electron chi connectivity index (χ3n) is 14.5. The van der Waals surface area contributed by atoms with Gasteiger partial charge in [-0.15, -0.1) is 0 Å². The number of amides is 1. The van der Waals surface area contributed by atoms with Crippen LogP contribution in [-0.2, 0) is 27.9 Å². The molecule has 0 aromatic rings. The van der Waals surface area contributed by atoms with Gasteiger partial charge in [0.05, 0.1) is 33.8 Å². The minimum absolute atomic E-state index is 0.0280. The first-order valence-corrected chi connectivity index (χ1v) is 35.1. The van der Waals surface area contributed by atoms with Crippen LogP contribution in [0.25, 0.3) is 0 Å². The van der Waals surface area contributed by atoms with Gasteiger partial charge in [-0.3, -0.25) is 18.6 Å². The number of allylic oxidation sites excluding steroid dienone is 15. The molecule has 0 spiro atoms. The zero-order valence-electron chi connectivity index (χ0n) is 53.5. The molecule has 0 heterocycles. The molecule has 0 saturated heterocycles. The number of phosphoric acid groups is 1. The van der Waals surface area contributed by atoms with Crippen LogP contribution < -0.4 is 5.32 Å². The monoisotopic (exact) mass is 1150 g/mol. The van der Waals surface area contributed by atoms with E-state index in [4.69, 9.17) is 13.8 Å². The SMILES string of the molecule is CCCCC/C=C\C/C=C\C/C=C\C/C=C\CCCC(=O)OC(/C=C\CCCCCCCCCCCCC)C(COP(=O)(O)OCC[N+](C)(C)C)NC(=O)CCCCCCCCCCCCCC/C=C\C/C=C\C/C=C\CCCCC. The Morgan fingerprint density at radius 3 is 1.17 bits per heavy atom. The van der Waals surface area contributed by atoms with Crippen LogP contribution in [0.2, 0.25) is 0 Å². The maximum Gasteiger partial charge on any atom is 0.472 e. The highest BCUT2D eigenvalue weighted by atomic mass is 31.2. The summed E-state index contributed by atoms with van der Waals surface area (Å²) in [5, 5.41) is 3.05. The number of quaternary nitrogens is 1.